The molecule has 3 saturated carbocycles. The van der Waals surface area contributed by atoms with E-state index in [1.54, 1.807) is 18.2 Å². The van der Waals surface area contributed by atoms with Crippen molar-refractivity contribution in [3.63, 3.8) is 0 Å². The van der Waals surface area contributed by atoms with Gasteiger partial charge in [-0.2, -0.15) is 0 Å². The third-order valence-electron chi connectivity index (χ3n) is 11.3. The van der Waals surface area contributed by atoms with Gasteiger partial charge in [-0.25, -0.2) is 4.39 Å². The van der Waals surface area contributed by atoms with Crippen molar-refractivity contribution < 1.29 is 19.7 Å². The van der Waals surface area contributed by atoms with Crippen LogP contribution in [0, 0.1) is 46.2 Å². The fourth-order valence-corrected chi connectivity index (χ4v) is 9.43. The van der Waals surface area contributed by atoms with Gasteiger partial charge in [0.15, 0.2) is 0 Å². The normalized spacial score (nSPS) is 42.4. The first kappa shape index (κ1) is 25.4. The second-order valence-corrected chi connectivity index (χ2v) is 12.9. The summed E-state index contributed by atoms with van der Waals surface area (Å²) in [7, 11) is 0. The summed E-state index contributed by atoms with van der Waals surface area (Å²) in [5, 5.41) is 31.5. The Bertz CT molecular complexity index is 945. The molecule has 3 fully saturated rings. The zero-order valence-corrected chi connectivity index (χ0v) is 21.8. The van der Waals surface area contributed by atoms with Crippen molar-refractivity contribution in [2.45, 2.75) is 103 Å². The molecular formula is C31H45FO3. The summed E-state index contributed by atoms with van der Waals surface area (Å²) >= 11 is 0. The number of hydrogen-bond donors (Lipinski definition) is 3. The molecule has 4 aliphatic rings. The Morgan fingerprint density at radius 3 is 2.54 bits per heavy atom. The van der Waals surface area contributed by atoms with Gasteiger partial charge < -0.3 is 15.3 Å². The van der Waals surface area contributed by atoms with Crippen LogP contribution < -0.4 is 0 Å². The highest BCUT2D eigenvalue weighted by atomic mass is 19.1. The summed E-state index contributed by atoms with van der Waals surface area (Å²) in [5.74, 6) is 3.03. The van der Waals surface area contributed by atoms with Gasteiger partial charge >= 0.3 is 0 Å². The molecule has 0 radical (unpaired) electrons. The summed E-state index contributed by atoms with van der Waals surface area (Å²) in [5.41, 5.74) is 1.94. The lowest BCUT2D eigenvalue weighted by molar-refractivity contribution is -0.0801. The van der Waals surface area contributed by atoms with Crippen LogP contribution in [-0.4, -0.2) is 27.5 Å². The second-order valence-electron chi connectivity index (χ2n) is 12.9. The van der Waals surface area contributed by atoms with Crippen LogP contribution in [0.5, 0.6) is 0 Å². The van der Waals surface area contributed by atoms with E-state index in [2.05, 4.69) is 26.8 Å². The molecule has 0 bridgehead atoms. The van der Waals surface area contributed by atoms with Crippen LogP contribution in [0.3, 0.4) is 0 Å². The van der Waals surface area contributed by atoms with Crippen LogP contribution in [0.2, 0.25) is 0 Å². The molecule has 0 heterocycles. The number of benzene rings is 1. The molecule has 4 aliphatic carbocycles. The molecule has 10 atom stereocenters. The quantitative estimate of drug-likeness (QED) is 0.400. The van der Waals surface area contributed by atoms with Crippen LogP contribution in [0.4, 0.5) is 4.39 Å². The van der Waals surface area contributed by atoms with Gasteiger partial charge in [-0.1, -0.05) is 57.9 Å². The van der Waals surface area contributed by atoms with Crippen LogP contribution in [0.25, 0.3) is 0 Å². The molecule has 0 saturated heterocycles. The fraction of sp³-hybridized carbons (Fsp3) is 0.742. The minimum Gasteiger partial charge on any atom is -0.390 e. The summed E-state index contributed by atoms with van der Waals surface area (Å²) in [4.78, 5) is 0. The molecule has 35 heavy (non-hydrogen) atoms. The third kappa shape index (κ3) is 4.22. The Labute approximate surface area is 210 Å². The minimum atomic E-state index is -0.723. The highest BCUT2D eigenvalue weighted by Gasteiger charge is 2.60. The number of hydrogen-bond acceptors (Lipinski definition) is 3. The maximum atomic E-state index is 14.0. The topological polar surface area (TPSA) is 60.7 Å². The Hall–Kier alpha value is -1.23. The number of allylic oxidation sites excluding steroid dienone is 1. The predicted molar refractivity (Wildman–Crippen MR) is 137 cm³/mol. The smallest absolute Gasteiger partial charge is 0.128 e. The maximum absolute atomic E-state index is 14.0. The predicted octanol–water partition coefficient (Wildman–Crippen LogP) is 6.58. The SMILES string of the molecule is CC(CCCC(O)c1ccccc1F)[C@H]1CC[C@H]2[C@@H]3CC=C4[C@@H](O)[C@@H](O)CC[C@]4(C)[C@H]3CC[C@]12C. The molecule has 0 aliphatic heterocycles. The van der Waals surface area contributed by atoms with Crippen LogP contribution in [-0.2, 0) is 0 Å². The summed E-state index contributed by atoms with van der Waals surface area (Å²) in [6.07, 6.45) is 10.7. The van der Waals surface area contributed by atoms with Crippen molar-refractivity contribution in [2.24, 2.45) is 40.4 Å². The number of halogens is 1. The largest absolute Gasteiger partial charge is 0.390 e. The van der Waals surface area contributed by atoms with E-state index in [1.165, 1.54) is 31.7 Å². The number of fused-ring (bicyclic) bond motifs is 5. The highest BCUT2D eigenvalue weighted by molar-refractivity contribution is 5.29. The first-order valence-electron chi connectivity index (χ1n) is 14.2. The lowest BCUT2D eigenvalue weighted by Crippen LogP contribution is -2.53. The van der Waals surface area contributed by atoms with E-state index in [0.717, 1.165) is 37.2 Å². The van der Waals surface area contributed by atoms with Crippen LogP contribution >= 0.6 is 0 Å². The molecule has 194 valence electrons. The van der Waals surface area contributed by atoms with Crippen molar-refractivity contribution in [3.05, 3.63) is 47.3 Å². The Morgan fingerprint density at radius 1 is 1.00 bits per heavy atom. The van der Waals surface area contributed by atoms with Gasteiger partial charge in [0.05, 0.1) is 12.2 Å². The summed E-state index contributed by atoms with van der Waals surface area (Å²) in [6.45, 7) is 7.32. The maximum Gasteiger partial charge on any atom is 0.128 e. The van der Waals surface area contributed by atoms with Crippen molar-refractivity contribution in [1.29, 1.82) is 0 Å². The minimum absolute atomic E-state index is 0.0371. The molecule has 5 rings (SSSR count). The lowest BCUT2D eigenvalue weighted by Gasteiger charge is -2.59. The lowest BCUT2D eigenvalue weighted by atomic mass is 9.46. The second kappa shape index (κ2) is 9.58. The van der Waals surface area contributed by atoms with Crippen molar-refractivity contribution >= 4 is 0 Å². The van der Waals surface area contributed by atoms with E-state index in [9.17, 15) is 19.7 Å². The van der Waals surface area contributed by atoms with Gasteiger partial charge in [0.1, 0.15) is 11.9 Å². The van der Waals surface area contributed by atoms with Gasteiger partial charge in [-0.05, 0) is 103 Å². The first-order valence-corrected chi connectivity index (χ1v) is 14.2. The van der Waals surface area contributed by atoms with Crippen LogP contribution in [0.1, 0.15) is 96.6 Å². The average Bonchev–Trinajstić information content (AvgIpc) is 3.19. The molecule has 0 amide bonds. The van der Waals surface area contributed by atoms with Gasteiger partial charge in [-0.15, -0.1) is 0 Å². The fourth-order valence-electron chi connectivity index (χ4n) is 9.43. The zero-order chi connectivity index (χ0) is 25.0. The van der Waals surface area contributed by atoms with E-state index in [-0.39, 0.29) is 11.2 Å². The number of rotatable bonds is 6. The standard InChI is InChI=1S/C31H45FO3/c1-19(7-6-10-27(33)21-8-4-5-9-26(21)32)22-13-14-23-20-11-12-25-29(35)28(34)16-18-31(25,3)24(20)15-17-30(22,23)2/h4-5,8-9,12,19-20,22-24,27-29,33-35H,6-7,10-11,13-18H2,1-3H3/t19?,20-,22+,23-,24-,27?,28-,29+,30+,31+/m0/s1. The molecular weight excluding hydrogens is 439 g/mol. The molecule has 4 heteroatoms. The number of aliphatic hydroxyl groups is 3. The molecule has 3 nitrogen and oxygen atoms in total. The molecule has 1 aromatic rings. The summed E-state index contributed by atoms with van der Waals surface area (Å²) < 4.78 is 14.0. The molecule has 1 aromatic carbocycles. The van der Waals surface area contributed by atoms with Crippen LogP contribution in [0.15, 0.2) is 35.9 Å². The van der Waals surface area contributed by atoms with Gasteiger partial charge in [0.25, 0.3) is 0 Å². The zero-order valence-electron chi connectivity index (χ0n) is 21.8. The molecule has 0 spiro atoms. The molecule has 3 N–H and O–H groups in total. The van der Waals surface area contributed by atoms with E-state index >= 15 is 0 Å². The van der Waals surface area contributed by atoms with E-state index < -0.39 is 18.3 Å². The summed E-state index contributed by atoms with van der Waals surface area (Å²) in [6, 6.07) is 6.58. The average molecular weight is 485 g/mol. The van der Waals surface area contributed by atoms with Gasteiger partial charge in [0.2, 0.25) is 0 Å². The van der Waals surface area contributed by atoms with E-state index in [0.29, 0.717) is 47.5 Å². The van der Waals surface area contributed by atoms with E-state index in [4.69, 9.17) is 0 Å². The Kier molecular flexibility index (Phi) is 6.96. The first-order chi connectivity index (χ1) is 16.7. The van der Waals surface area contributed by atoms with Crippen molar-refractivity contribution in [1.82, 2.24) is 0 Å². The molecule has 0 aromatic heterocycles. The Balaban J connectivity index is 1.24. The van der Waals surface area contributed by atoms with Crippen molar-refractivity contribution in [3.8, 4) is 0 Å². The highest BCUT2D eigenvalue weighted by Crippen LogP contribution is 2.67. The van der Waals surface area contributed by atoms with Crippen molar-refractivity contribution in [2.75, 3.05) is 0 Å². The van der Waals surface area contributed by atoms with Gasteiger partial charge in [0, 0.05) is 5.56 Å². The third-order valence-corrected chi connectivity index (χ3v) is 11.3. The van der Waals surface area contributed by atoms with Gasteiger partial charge in [-0.3, -0.25) is 0 Å². The monoisotopic (exact) mass is 484 g/mol. The Morgan fingerprint density at radius 2 is 1.77 bits per heavy atom. The number of aliphatic hydroxyl groups excluding tert-OH is 3. The van der Waals surface area contributed by atoms with E-state index in [1.807, 2.05) is 0 Å². The molecule has 2 unspecified atom stereocenters.